The summed E-state index contributed by atoms with van der Waals surface area (Å²) < 4.78 is 10.3. The van der Waals surface area contributed by atoms with Crippen molar-refractivity contribution in [2.24, 2.45) is 12.5 Å². The Hall–Kier alpha value is -3.85. The number of carbonyl (C=O) groups is 1. The summed E-state index contributed by atoms with van der Waals surface area (Å²) in [6.45, 7) is 15.8. The van der Waals surface area contributed by atoms with Gasteiger partial charge in [0.25, 0.3) is 5.91 Å². The summed E-state index contributed by atoms with van der Waals surface area (Å²) in [5, 5.41) is 11.4. The van der Waals surface area contributed by atoms with Gasteiger partial charge in [-0.25, -0.2) is 9.97 Å². The summed E-state index contributed by atoms with van der Waals surface area (Å²) in [5.74, 6) is 1.35. The van der Waals surface area contributed by atoms with Crippen LogP contribution in [0.1, 0.15) is 94.7 Å². The number of hydrogen-bond acceptors (Lipinski definition) is 6. The van der Waals surface area contributed by atoms with Crippen molar-refractivity contribution in [3.05, 3.63) is 53.9 Å². The van der Waals surface area contributed by atoms with Crippen molar-refractivity contribution >= 4 is 28.0 Å². The summed E-state index contributed by atoms with van der Waals surface area (Å²) in [5.41, 5.74) is 5.93. The first-order valence-corrected chi connectivity index (χ1v) is 16.5. The van der Waals surface area contributed by atoms with Crippen LogP contribution in [0.25, 0.3) is 33.6 Å². The Morgan fingerprint density at radius 3 is 2.62 bits per heavy atom. The highest BCUT2D eigenvalue weighted by atomic mass is 16.5. The summed E-state index contributed by atoms with van der Waals surface area (Å²) in [7, 11) is 3.67. The van der Waals surface area contributed by atoms with Crippen LogP contribution in [0.3, 0.4) is 0 Å². The standard InChI is InChI=1S/C36H49N7O2/c1-23-27-14-13-25-20-29(43(32(25)39-27)18-11-9-8-10-15-35(3,4)24(2)38-23)33-40-28-19-26(21-30(45-7)31(28)42(33)6)34(44)41-36(5)16-12-17-37-22-36/h13-14,19-21,23,37-38H,2,8-12,15-18,22H2,1,3-7H3,(H,41,44)/t23-,36-/m1/s1. The van der Waals surface area contributed by atoms with Gasteiger partial charge in [-0.05, 0) is 76.4 Å². The van der Waals surface area contributed by atoms with Crippen molar-refractivity contribution in [2.45, 2.75) is 90.8 Å². The third kappa shape index (κ3) is 6.07. The number of hydrogen-bond donors (Lipinski definition) is 3. The van der Waals surface area contributed by atoms with Crippen molar-refractivity contribution in [3.63, 3.8) is 0 Å². The number of nitrogens with zero attached hydrogens (tertiary/aromatic N) is 4. The molecule has 1 fully saturated rings. The molecule has 5 heterocycles. The second-order valence-electron chi connectivity index (χ2n) is 14.1. The van der Waals surface area contributed by atoms with Gasteiger partial charge in [0.15, 0.2) is 5.82 Å². The van der Waals surface area contributed by atoms with Gasteiger partial charge >= 0.3 is 0 Å². The van der Waals surface area contributed by atoms with Crippen molar-refractivity contribution in [1.82, 2.24) is 35.1 Å². The second kappa shape index (κ2) is 12.2. The minimum absolute atomic E-state index is 0.0305. The van der Waals surface area contributed by atoms with Crippen molar-refractivity contribution in [2.75, 3.05) is 20.2 Å². The van der Waals surface area contributed by atoms with Crippen LogP contribution in [-0.2, 0) is 13.6 Å². The van der Waals surface area contributed by atoms with E-state index in [2.05, 4.69) is 77.6 Å². The molecule has 0 aliphatic carbocycles. The Balaban J connectivity index is 1.41. The first-order chi connectivity index (χ1) is 21.5. The van der Waals surface area contributed by atoms with E-state index in [9.17, 15) is 4.79 Å². The van der Waals surface area contributed by atoms with E-state index in [1.54, 1.807) is 7.11 Å². The normalized spacial score (nSPS) is 22.7. The first-order valence-electron chi connectivity index (χ1n) is 16.5. The van der Waals surface area contributed by atoms with Gasteiger partial charge in [-0.3, -0.25) is 4.79 Å². The number of pyridine rings is 1. The Morgan fingerprint density at radius 1 is 1.07 bits per heavy atom. The predicted octanol–water partition coefficient (Wildman–Crippen LogP) is 6.63. The van der Waals surface area contributed by atoms with Crippen molar-refractivity contribution < 1.29 is 9.53 Å². The highest BCUT2D eigenvalue weighted by molar-refractivity contribution is 6.00. The topological polar surface area (TPSA) is 98.0 Å². The maximum absolute atomic E-state index is 13.5. The molecule has 9 heteroatoms. The van der Waals surface area contributed by atoms with Gasteiger partial charge in [-0.1, -0.05) is 39.7 Å². The predicted molar refractivity (Wildman–Crippen MR) is 182 cm³/mol. The molecule has 6 rings (SSSR count). The molecular formula is C36H49N7O2. The molecule has 4 aromatic rings. The van der Waals surface area contributed by atoms with E-state index in [0.29, 0.717) is 11.3 Å². The third-order valence-corrected chi connectivity index (χ3v) is 10.0. The summed E-state index contributed by atoms with van der Waals surface area (Å²) in [6, 6.07) is 10.2. The SMILES string of the molecule is C=C1N[C@H](C)c2ccc3cc(-c4nc5cc(C(=O)N[C@]6(C)CCCNC6)cc(OC)c5n4C)n(c3n2)CCCCCCC1(C)C. The van der Waals surface area contributed by atoms with E-state index < -0.39 is 0 Å². The van der Waals surface area contributed by atoms with Crippen LogP contribution in [-0.4, -0.2) is 50.7 Å². The van der Waals surface area contributed by atoms with E-state index in [0.717, 1.165) is 96.7 Å². The second-order valence-corrected chi connectivity index (χ2v) is 14.1. The molecular weight excluding hydrogens is 562 g/mol. The zero-order valence-corrected chi connectivity index (χ0v) is 27.8. The first kappa shape index (κ1) is 31.1. The van der Waals surface area contributed by atoms with E-state index in [4.69, 9.17) is 14.7 Å². The molecule has 240 valence electrons. The molecule has 0 unspecified atom stereocenters. The van der Waals surface area contributed by atoms with Crippen LogP contribution in [0.4, 0.5) is 0 Å². The van der Waals surface area contributed by atoms with Crippen LogP contribution in [0.2, 0.25) is 0 Å². The quantitative estimate of drug-likeness (QED) is 0.240. The largest absolute Gasteiger partial charge is 0.494 e. The number of rotatable bonds is 4. The molecule has 3 N–H and O–H groups in total. The Bertz CT molecular complexity index is 1740. The summed E-state index contributed by atoms with van der Waals surface area (Å²) in [6.07, 6.45) is 7.66. The molecule has 1 saturated heterocycles. The molecule has 2 bridgehead atoms. The monoisotopic (exact) mass is 611 g/mol. The van der Waals surface area contributed by atoms with Gasteiger partial charge in [0.2, 0.25) is 0 Å². The molecule has 0 spiro atoms. The van der Waals surface area contributed by atoms with Crippen LogP contribution in [0, 0.1) is 5.41 Å². The number of ether oxygens (including phenoxy) is 1. The van der Waals surface area contributed by atoms with E-state index in [-0.39, 0.29) is 22.9 Å². The number of aromatic nitrogens is 4. The van der Waals surface area contributed by atoms with Crippen LogP contribution >= 0.6 is 0 Å². The van der Waals surface area contributed by atoms with Gasteiger partial charge in [-0.15, -0.1) is 0 Å². The molecule has 1 amide bonds. The lowest BCUT2D eigenvalue weighted by Crippen LogP contribution is -2.55. The average molecular weight is 612 g/mol. The molecule has 3 aromatic heterocycles. The van der Waals surface area contributed by atoms with Gasteiger partial charge in [-0.2, -0.15) is 0 Å². The van der Waals surface area contributed by atoms with Crippen LogP contribution in [0.15, 0.2) is 42.6 Å². The minimum Gasteiger partial charge on any atom is -0.494 e. The number of imidazole rings is 1. The van der Waals surface area contributed by atoms with Gasteiger partial charge < -0.3 is 29.8 Å². The number of aryl methyl sites for hydroxylation is 2. The minimum atomic E-state index is -0.283. The lowest BCUT2D eigenvalue weighted by Gasteiger charge is -2.35. The fraction of sp³-hybridized carbons (Fsp3) is 0.528. The van der Waals surface area contributed by atoms with Crippen molar-refractivity contribution in [3.8, 4) is 17.3 Å². The molecule has 2 atom stereocenters. The van der Waals surface area contributed by atoms with E-state index in [1.807, 2.05) is 19.2 Å². The third-order valence-electron chi connectivity index (χ3n) is 10.0. The zero-order chi connectivity index (χ0) is 31.9. The highest BCUT2D eigenvalue weighted by Gasteiger charge is 2.30. The number of allylic oxidation sites excluding steroid dienone is 1. The summed E-state index contributed by atoms with van der Waals surface area (Å²) >= 11 is 0. The fourth-order valence-electron chi connectivity index (χ4n) is 7.00. The van der Waals surface area contributed by atoms with Crippen LogP contribution < -0.4 is 20.7 Å². The molecule has 9 nitrogen and oxygen atoms in total. The highest BCUT2D eigenvalue weighted by Crippen LogP contribution is 2.36. The Kier molecular flexibility index (Phi) is 8.41. The average Bonchev–Trinajstić information content (AvgIpc) is 3.54. The smallest absolute Gasteiger partial charge is 0.251 e. The number of fused-ring (bicyclic) bond motifs is 2. The van der Waals surface area contributed by atoms with Gasteiger partial charge in [0.1, 0.15) is 16.9 Å². The van der Waals surface area contributed by atoms with E-state index in [1.165, 1.54) is 12.8 Å². The Labute approximate surface area is 266 Å². The summed E-state index contributed by atoms with van der Waals surface area (Å²) in [4.78, 5) is 23.8. The molecule has 2 aliphatic heterocycles. The molecule has 2 aliphatic rings. The molecule has 45 heavy (non-hydrogen) atoms. The number of piperidine rings is 1. The maximum Gasteiger partial charge on any atom is 0.251 e. The zero-order valence-electron chi connectivity index (χ0n) is 27.8. The molecule has 0 radical (unpaired) electrons. The lowest BCUT2D eigenvalue weighted by molar-refractivity contribution is 0.0890. The number of benzene rings is 1. The lowest BCUT2D eigenvalue weighted by atomic mass is 9.83. The van der Waals surface area contributed by atoms with Gasteiger partial charge in [0.05, 0.1) is 35.6 Å². The molecule has 0 saturated carbocycles. The number of nitrogens with one attached hydrogen (secondary N) is 3. The van der Waals surface area contributed by atoms with Crippen molar-refractivity contribution in [1.29, 1.82) is 0 Å². The number of carbonyl (C=O) groups excluding carboxylic acids is 1. The van der Waals surface area contributed by atoms with E-state index >= 15 is 0 Å². The number of methoxy groups -OCH3 is 1. The maximum atomic E-state index is 13.5. The van der Waals surface area contributed by atoms with Crippen LogP contribution in [0.5, 0.6) is 5.75 Å². The number of amides is 1. The fourth-order valence-corrected chi connectivity index (χ4v) is 7.00. The van der Waals surface area contributed by atoms with Gasteiger partial charge in [0, 0.05) is 42.2 Å². The Morgan fingerprint density at radius 2 is 1.87 bits per heavy atom. The molecule has 1 aromatic carbocycles.